The molecule has 2 fully saturated rings. The molecular weight excluding hydrogens is 550 g/mol. The van der Waals surface area contributed by atoms with Crippen LogP contribution < -0.4 is 10.6 Å². The molecule has 0 aliphatic carbocycles. The summed E-state index contributed by atoms with van der Waals surface area (Å²) in [5.74, 6) is -0.343. The predicted octanol–water partition coefficient (Wildman–Crippen LogP) is 2.75. The maximum atomic E-state index is 13.7. The van der Waals surface area contributed by atoms with Gasteiger partial charge in [-0.2, -0.15) is 4.31 Å². The third-order valence-corrected chi connectivity index (χ3v) is 8.93. The van der Waals surface area contributed by atoms with E-state index in [1.165, 1.54) is 35.5 Å². The first-order valence-corrected chi connectivity index (χ1v) is 15.3. The number of carbonyl (C=O) groups is 2. The van der Waals surface area contributed by atoms with Crippen LogP contribution in [0.4, 0.5) is 10.5 Å². The first-order chi connectivity index (χ1) is 19.5. The average molecular weight is 590 g/mol. The maximum Gasteiger partial charge on any atom is 0.407 e. The number of hydrogen-bond acceptors (Lipinski definition) is 8. The molecule has 41 heavy (non-hydrogen) atoms. The largest absolute Gasteiger partial charge is 0.443 e. The number of rotatable bonds is 12. The van der Waals surface area contributed by atoms with Crippen molar-refractivity contribution < 1.29 is 37.3 Å². The standard InChI is InChI=1S/C29H39N3O8S/c1-19(2)16-32(41(36,37)23-11-9-22(10-12-23)30-20(3)33)17-26(34)25(15-21-7-5-4-6-8-21)31-29(35)40-27-18-39-28-24(27)13-14-38-28/h4-12,19,24-28,34H,13-18H2,1-3H3,(H,30,33)(H,31,35)/t24?,25-,26+,27-,28+/m0/s1. The molecule has 3 N–H and O–H groups in total. The number of nitrogens with zero attached hydrogens (tertiary/aromatic N) is 1. The van der Waals surface area contributed by atoms with Crippen molar-refractivity contribution in [2.45, 2.75) is 63.0 Å². The van der Waals surface area contributed by atoms with Crippen LogP contribution in [0.25, 0.3) is 0 Å². The molecule has 4 rings (SSSR count). The first kappa shape index (κ1) is 30.9. The Kier molecular flexibility index (Phi) is 10.4. The van der Waals surface area contributed by atoms with Gasteiger partial charge in [-0.3, -0.25) is 4.79 Å². The first-order valence-electron chi connectivity index (χ1n) is 13.8. The topological polar surface area (TPSA) is 144 Å². The summed E-state index contributed by atoms with van der Waals surface area (Å²) in [6.07, 6.45) is -1.81. The highest BCUT2D eigenvalue weighted by Crippen LogP contribution is 2.33. The third-order valence-electron chi connectivity index (χ3n) is 7.08. The maximum absolute atomic E-state index is 13.7. The second-order valence-electron chi connectivity index (χ2n) is 10.9. The SMILES string of the molecule is CC(=O)Nc1ccc(S(=O)(=O)N(CC(C)C)C[C@@H](O)[C@H](Cc2ccccc2)NC(=O)O[C@H]2CO[C@H]3OCCC32)cc1. The van der Waals surface area contributed by atoms with E-state index < -0.39 is 34.4 Å². The van der Waals surface area contributed by atoms with E-state index in [-0.39, 0.29) is 55.0 Å². The monoisotopic (exact) mass is 589 g/mol. The quantitative estimate of drug-likeness (QED) is 0.343. The highest BCUT2D eigenvalue weighted by Gasteiger charge is 2.44. The Bertz CT molecular complexity index is 1270. The van der Waals surface area contributed by atoms with E-state index in [2.05, 4.69) is 10.6 Å². The van der Waals surface area contributed by atoms with Crippen LogP contribution in [0.15, 0.2) is 59.5 Å². The molecule has 2 aromatic rings. The molecule has 2 aromatic carbocycles. The number of amides is 2. The van der Waals surface area contributed by atoms with Gasteiger partial charge in [-0.1, -0.05) is 44.2 Å². The van der Waals surface area contributed by atoms with Crippen molar-refractivity contribution in [3.05, 3.63) is 60.2 Å². The molecular formula is C29H39N3O8S. The Morgan fingerprint density at radius 1 is 1.07 bits per heavy atom. The number of aliphatic hydroxyl groups excluding tert-OH is 1. The van der Waals surface area contributed by atoms with E-state index in [4.69, 9.17) is 14.2 Å². The summed E-state index contributed by atoms with van der Waals surface area (Å²) >= 11 is 0. The van der Waals surface area contributed by atoms with Crippen molar-refractivity contribution in [2.75, 3.05) is 31.6 Å². The molecule has 2 aliphatic rings. The highest BCUT2D eigenvalue weighted by molar-refractivity contribution is 7.89. The number of sulfonamides is 1. The van der Waals surface area contributed by atoms with E-state index in [0.29, 0.717) is 12.3 Å². The van der Waals surface area contributed by atoms with Gasteiger partial charge in [0.05, 0.1) is 36.2 Å². The number of fused-ring (bicyclic) bond motifs is 1. The zero-order chi connectivity index (χ0) is 29.6. The van der Waals surface area contributed by atoms with Crippen LogP contribution in [-0.4, -0.2) is 80.7 Å². The van der Waals surface area contributed by atoms with Gasteiger partial charge in [0.15, 0.2) is 6.29 Å². The molecule has 11 nitrogen and oxygen atoms in total. The number of aliphatic hydroxyl groups is 1. The summed E-state index contributed by atoms with van der Waals surface area (Å²) in [6, 6.07) is 14.3. The number of nitrogens with one attached hydrogen (secondary N) is 2. The predicted molar refractivity (Wildman–Crippen MR) is 151 cm³/mol. The van der Waals surface area contributed by atoms with Gasteiger partial charge in [0, 0.05) is 25.7 Å². The molecule has 0 aromatic heterocycles. The number of alkyl carbamates (subject to hydrolysis) is 1. The minimum Gasteiger partial charge on any atom is -0.443 e. The fourth-order valence-electron chi connectivity index (χ4n) is 5.10. The van der Waals surface area contributed by atoms with Gasteiger partial charge in [0.25, 0.3) is 0 Å². The minimum absolute atomic E-state index is 0.0287. The molecule has 2 heterocycles. The van der Waals surface area contributed by atoms with E-state index in [0.717, 1.165) is 12.0 Å². The van der Waals surface area contributed by atoms with E-state index in [1.54, 1.807) is 0 Å². The lowest BCUT2D eigenvalue weighted by Crippen LogP contribution is -2.51. The normalized spacial score (nSPS) is 21.9. The van der Waals surface area contributed by atoms with Crippen LogP contribution in [0.5, 0.6) is 0 Å². The van der Waals surface area contributed by atoms with Crippen molar-refractivity contribution in [3.8, 4) is 0 Å². The minimum atomic E-state index is -4.01. The number of ether oxygens (including phenoxy) is 3. The van der Waals surface area contributed by atoms with Crippen molar-refractivity contribution in [1.82, 2.24) is 9.62 Å². The molecule has 2 amide bonds. The van der Waals surface area contributed by atoms with Gasteiger partial charge in [-0.25, -0.2) is 13.2 Å². The Balaban J connectivity index is 1.51. The molecule has 0 spiro atoms. The van der Waals surface area contributed by atoms with Gasteiger partial charge < -0.3 is 30.0 Å². The number of carbonyl (C=O) groups excluding carboxylic acids is 2. The summed E-state index contributed by atoms with van der Waals surface area (Å²) in [4.78, 5) is 24.4. The number of anilines is 1. The van der Waals surface area contributed by atoms with Crippen LogP contribution in [0, 0.1) is 11.8 Å². The Morgan fingerprint density at radius 2 is 1.78 bits per heavy atom. The average Bonchev–Trinajstić information content (AvgIpc) is 3.53. The van der Waals surface area contributed by atoms with Crippen LogP contribution in [-0.2, 0) is 35.4 Å². The van der Waals surface area contributed by atoms with Crippen LogP contribution >= 0.6 is 0 Å². The summed E-state index contributed by atoms with van der Waals surface area (Å²) in [7, 11) is -4.01. The Morgan fingerprint density at radius 3 is 2.44 bits per heavy atom. The molecule has 0 bridgehead atoms. The van der Waals surface area contributed by atoms with Gasteiger partial charge >= 0.3 is 6.09 Å². The zero-order valence-electron chi connectivity index (χ0n) is 23.6. The van der Waals surface area contributed by atoms with Gasteiger partial charge in [0.1, 0.15) is 6.10 Å². The lowest BCUT2D eigenvalue weighted by atomic mass is 10.0. The molecule has 224 valence electrons. The van der Waals surface area contributed by atoms with E-state index in [9.17, 15) is 23.1 Å². The van der Waals surface area contributed by atoms with Crippen molar-refractivity contribution in [2.24, 2.45) is 11.8 Å². The van der Waals surface area contributed by atoms with Gasteiger partial charge in [0.2, 0.25) is 15.9 Å². The summed E-state index contributed by atoms with van der Waals surface area (Å²) in [6.45, 7) is 5.81. The molecule has 2 aliphatic heterocycles. The molecule has 0 radical (unpaired) electrons. The molecule has 5 atom stereocenters. The van der Waals surface area contributed by atoms with Crippen molar-refractivity contribution in [3.63, 3.8) is 0 Å². The molecule has 2 saturated heterocycles. The highest BCUT2D eigenvalue weighted by atomic mass is 32.2. The lowest BCUT2D eigenvalue weighted by Gasteiger charge is -2.31. The molecule has 1 unspecified atom stereocenters. The Labute approximate surface area is 241 Å². The summed E-state index contributed by atoms with van der Waals surface area (Å²) < 4.78 is 45.3. The van der Waals surface area contributed by atoms with Crippen LogP contribution in [0.3, 0.4) is 0 Å². The van der Waals surface area contributed by atoms with Crippen LogP contribution in [0.1, 0.15) is 32.8 Å². The Hall–Kier alpha value is -3.03. The fourth-order valence-corrected chi connectivity index (χ4v) is 6.72. The van der Waals surface area contributed by atoms with E-state index >= 15 is 0 Å². The zero-order valence-corrected chi connectivity index (χ0v) is 24.4. The summed E-state index contributed by atoms with van der Waals surface area (Å²) in [5, 5.41) is 16.8. The second-order valence-corrected chi connectivity index (χ2v) is 12.8. The second kappa shape index (κ2) is 13.8. The number of hydrogen-bond donors (Lipinski definition) is 3. The van der Waals surface area contributed by atoms with Crippen LogP contribution in [0.2, 0.25) is 0 Å². The van der Waals surface area contributed by atoms with Gasteiger partial charge in [-0.15, -0.1) is 0 Å². The van der Waals surface area contributed by atoms with Crippen molar-refractivity contribution >= 4 is 27.7 Å². The van der Waals surface area contributed by atoms with Crippen molar-refractivity contribution in [1.29, 1.82) is 0 Å². The third kappa shape index (κ3) is 8.26. The fraction of sp³-hybridized carbons (Fsp3) is 0.517. The van der Waals surface area contributed by atoms with E-state index in [1.807, 2.05) is 44.2 Å². The summed E-state index contributed by atoms with van der Waals surface area (Å²) in [5.41, 5.74) is 1.33. The molecule has 0 saturated carbocycles. The van der Waals surface area contributed by atoms with Gasteiger partial charge in [-0.05, 0) is 48.6 Å². The number of benzene rings is 2. The lowest BCUT2D eigenvalue weighted by molar-refractivity contribution is -0.114. The smallest absolute Gasteiger partial charge is 0.407 e. The molecule has 12 heteroatoms.